The van der Waals surface area contributed by atoms with Gasteiger partial charge in [0.15, 0.2) is 0 Å². The Labute approximate surface area is 89.9 Å². The number of hydrogen-bond acceptors (Lipinski definition) is 3. The Hall–Kier alpha value is -0.120. The standard InChI is InChI=1S/C11H25N3.H2/c1-6-12-10-7-14(9(2)3)8-11(10)13(4)5;/h9-12H,6-8H2,1-5H3;1H/t10-,11-;/m0./s1. The lowest BCUT2D eigenvalue weighted by molar-refractivity contribution is 0.234. The topological polar surface area (TPSA) is 18.5 Å². The van der Waals surface area contributed by atoms with E-state index in [0.29, 0.717) is 18.1 Å². The van der Waals surface area contributed by atoms with Crippen LogP contribution in [0.3, 0.4) is 0 Å². The Morgan fingerprint density at radius 1 is 1.43 bits per heavy atom. The third-order valence-electron chi connectivity index (χ3n) is 3.18. The van der Waals surface area contributed by atoms with Crippen LogP contribution in [0.25, 0.3) is 0 Å². The lowest BCUT2D eigenvalue weighted by Crippen LogP contribution is -2.46. The third kappa shape index (κ3) is 2.69. The largest absolute Gasteiger partial charge is 0.311 e. The maximum atomic E-state index is 3.58. The van der Waals surface area contributed by atoms with Crippen molar-refractivity contribution in [3.63, 3.8) is 0 Å². The van der Waals surface area contributed by atoms with Crippen LogP contribution in [0.15, 0.2) is 0 Å². The summed E-state index contributed by atoms with van der Waals surface area (Å²) in [6, 6.07) is 1.97. The summed E-state index contributed by atoms with van der Waals surface area (Å²) >= 11 is 0. The van der Waals surface area contributed by atoms with Crippen LogP contribution in [0.1, 0.15) is 22.2 Å². The number of likely N-dealkylation sites (N-methyl/N-ethyl adjacent to an activating group) is 2. The van der Waals surface area contributed by atoms with Crippen LogP contribution in [0, 0.1) is 0 Å². The summed E-state index contributed by atoms with van der Waals surface area (Å²) in [4.78, 5) is 4.90. The minimum atomic E-state index is 0. The summed E-state index contributed by atoms with van der Waals surface area (Å²) in [6.07, 6.45) is 0. The van der Waals surface area contributed by atoms with E-state index >= 15 is 0 Å². The van der Waals surface area contributed by atoms with E-state index in [1.54, 1.807) is 0 Å². The average molecular weight is 201 g/mol. The second kappa shape index (κ2) is 5.10. The fraction of sp³-hybridized carbons (Fsp3) is 1.00. The van der Waals surface area contributed by atoms with Crippen molar-refractivity contribution in [1.82, 2.24) is 15.1 Å². The monoisotopic (exact) mass is 201 g/mol. The molecule has 1 heterocycles. The zero-order valence-corrected chi connectivity index (χ0v) is 10.2. The van der Waals surface area contributed by atoms with Crippen molar-refractivity contribution in [1.29, 1.82) is 0 Å². The molecule has 1 rings (SSSR count). The molecule has 1 aliphatic heterocycles. The van der Waals surface area contributed by atoms with Gasteiger partial charge in [0.05, 0.1) is 0 Å². The minimum absolute atomic E-state index is 0. The average Bonchev–Trinajstić information content (AvgIpc) is 2.49. The van der Waals surface area contributed by atoms with Crippen molar-refractivity contribution in [2.24, 2.45) is 0 Å². The van der Waals surface area contributed by atoms with Crippen molar-refractivity contribution in [3.05, 3.63) is 0 Å². The van der Waals surface area contributed by atoms with E-state index in [4.69, 9.17) is 0 Å². The lowest BCUT2D eigenvalue weighted by Gasteiger charge is -2.25. The van der Waals surface area contributed by atoms with E-state index in [-0.39, 0.29) is 1.43 Å². The molecular weight excluding hydrogens is 174 g/mol. The molecule has 0 bridgehead atoms. The molecule has 0 aromatic heterocycles. The first-order chi connectivity index (χ1) is 6.56. The quantitative estimate of drug-likeness (QED) is 0.728. The third-order valence-corrected chi connectivity index (χ3v) is 3.18. The lowest BCUT2D eigenvalue weighted by atomic mass is 10.1. The van der Waals surface area contributed by atoms with Gasteiger partial charge in [0, 0.05) is 32.6 Å². The molecule has 1 saturated heterocycles. The van der Waals surface area contributed by atoms with Gasteiger partial charge in [-0.15, -0.1) is 0 Å². The van der Waals surface area contributed by atoms with Crippen molar-refractivity contribution in [2.45, 2.75) is 38.9 Å². The van der Waals surface area contributed by atoms with E-state index in [1.807, 2.05) is 0 Å². The molecule has 2 atom stereocenters. The van der Waals surface area contributed by atoms with Crippen molar-refractivity contribution < 1.29 is 1.43 Å². The van der Waals surface area contributed by atoms with Gasteiger partial charge in [0.2, 0.25) is 0 Å². The van der Waals surface area contributed by atoms with E-state index in [2.05, 4.69) is 50.0 Å². The maximum absolute atomic E-state index is 3.58. The van der Waals surface area contributed by atoms with Crippen molar-refractivity contribution in [2.75, 3.05) is 33.7 Å². The second-order valence-electron chi connectivity index (χ2n) is 4.74. The fourth-order valence-corrected chi connectivity index (χ4v) is 2.22. The summed E-state index contributed by atoms with van der Waals surface area (Å²) in [5.41, 5.74) is 0. The normalized spacial score (nSPS) is 29.4. The van der Waals surface area contributed by atoms with Gasteiger partial charge in [0.1, 0.15) is 0 Å². The van der Waals surface area contributed by atoms with Gasteiger partial charge in [-0.2, -0.15) is 0 Å². The fourth-order valence-electron chi connectivity index (χ4n) is 2.22. The Kier molecular flexibility index (Phi) is 4.35. The van der Waals surface area contributed by atoms with Crippen molar-refractivity contribution >= 4 is 0 Å². The molecule has 3 heteroatoms. The van der Waals surface area contributed by atoms with Crippen LogP contribution in [0.2, 0.25) is 0 Å². The molecule has 0 saturated carbocycles. The van der Waals surface area contributed by atoms with Crippen LogP contribution in [0.5, 0.6) is 0 Å². The number of nitrogens with zero attached hydrogens (tertiary/aromatic N) is 2. The SMILES string of the molecule is CCN[C@H]1CN(C(C)C)C[C@@H]1N(C)C.[HH]. The van der Waals surface area contributed by atoms with E-state index in [9.17, 15) is 0 Å². The zero-order chi connectivity index (χ0) is 10.7. The van der Waals surface area contributed by atoms with Crippen molar-refractivity contribution in [3.8, 4) is 0 Å². The summed E-state index contributed by atoms with van der Waals surface area (Å²) < 4.78 is 0. The zero-order valence-electron chi connectivity index (χ0n) is 10.2. The highest BCUT2D eigenvalue weighted by molar-refractivity contribution is 4.94. The molecule has 0 aliphatic carbocycles. The van der Waals surface area contributed by atoms with Crippen LogP contribution in [-0.2, 0) is 0 Å². The molecule has 86 valence electrons. The van der Waals surface area contributed by atoms with Crippen LogP contribution < -0.4 is 5.32 Å². The summed E-state index contributed by atoms with van der Waals surface area (Å²) in [7, 11) is 4.36. The highest BCUT2D eigenvalue weighted by Crippen LogP contribution is 2.16. The molecule has 1 aliphatic rings. The molecule has 1 N–H and O–H groups in total. The van der Waals surface area contributed by atoms with E-state index in [0.717, 1.165) is 6.54 Å². The molecule has 14 heavy (non-hydrogen) atoms. The smallest absolute Gasteiger partial charge is 0.0383 e. The van der Waals surface area contributed by atoms with Gasteiger partial charge in [-0.05, 0) is 34.5 Å². The van der Waals surface area contributed by atoms with Gasteiger partial charge in [-0.1, -0.05) is 6.92 Å². The summed E-state index contributed by atoms with van der Waals surface area (Å²) in [5, 5.41) is 3.58. The predicted molar refractivity (Wildman–Crippen MR) is 63.8 cm³/mol. The maximum Gasteiger partial charge on any atom is 0.0383 e. The highest BCUT2D eigenvalue weighted by atomic mass is 15.3. The number of hydrogen-bond donors (Lipinski definition) is 1. The first-order valence-electron chi connectivity index (χ1n) is 5.70. The molecule has 3 nitrogen and oxygen atoms in total. The van der Waals surface area contributed by atoms with Gasteiger partial charge in [-0.25, -0.2) is 0 Å². The number of nitrogens with one attached hydrogen (secondary N) is 1. The molecule has 0 amide bonds. The molecule has 0 unspecified atom stereocenters. The Bertz CT molecular complexity index is 173. The highest BCUT2D eigenvalue weighted by Gasteiger charge is 2.34. The minimum Gasteiger partial charge on any atom is -0.311 e. The van der Waals surface area contributed by atoms with Crippen LogP contribution in [0.4, 0.5) is 0 Å². The molecular formula is C11H27N3. The first kappa shape index (κ1) is 12.0. The number of rotatable bonds is 4. The molecule has 0 aromatic rings. The van der Waals surface area contributed by atoms with Gasteiger partial charge < -0.3 is 10.2 Å². The van der Waals surface area contributed by atoms with Crippen LogP contribution in [-0.4, -0.2) is 61.7 Å². The Balaban J connectivity index is 0.00000196. The summed E-state index contributed by atoms with van der Waals surface area (Å²) in [5.74, 6) is 0. The number of likely N-dealkylation sites (tertiary alicyclic amines) is 1. The molecule has 0 aromatic carbocycles. The van der Waals surface area contributed by atoms with E-state index in [1.165, 1.54) is 13.1 Å². The van der Waals surface area contributed by atoms with Crippen LogP contribution >= 0.6 is 0 Å². The van der Waals surface area contributed by atoms with Gasteiger partial charge in [0.25, 0.3) is 0 Å². The Morgan fingerprint density at radius 3 is 2.50 bits per heavy atom. The first-order valence-corrected chi connectivity index (χ1v) is 5.70. The molecule has 1 fully saturated rings. The van der Waals surface area contributed by atoms with Gasteiger partial charge in [-0.3, -0.25) is 4.90 Å². The van der Waals surface area contributed by atoms with E-state index < -0.39 is 0 Å². The van der Waals surface area contributed by atoms with Gasteiger partial charge >= 0.3 is 0 Å². The molecule has 0 spiro atoms. The summed E-state index contributed by atoms with van der Waals surface area (Å²) in [6.45, 7) is 10.2. The Morgan fingerprint density at radius 2 is 2.07 bits per heavy atom. The second-order valence-corrected chi connectivity index (χ2v) is 4.74. The predicted octanol–water partition coefficient (Wildman–Crippen LogP) is 0.865. The molecule has 0 radical (unpaired) electrons.